The Labute approximate surface area is 141 Å². The van der Waals surface area contributed by atoms with Crippen molar-refractivity contribution in [3.63, 3.8) is 0 Å². The first-order valence-electron chi connectivity index (χ1n) is 8.83. The third kappa shape index (κ3) is 2.83. The highest BCUT2D eigenvalue weighted by Crippen LogP contribution is 2.34. The zero-order chi connectivity index (χ0) is 16.7. The second-order valence-corrected chi connectivity index (χ2v) is 7.09. The van der Waals surface area contributed by atoms with Crippen LogP contribution in [-0.2, 0) is 13.6 Å². The molecule has 3 heterocycles. The first-order valence-corrected chi connectivity index (χ1v) is 8.83. The molecule has 2 aromatic heterocycles. The number of carbonyl (C=O) groups is 1. The second kappa shape index (κ2) is 6.03. The molecule has 1 aliphatic heterocycles. The largest absolute Gasteiger partial charge is 0.327 e. The maximum atomic E-state index is 13.0. The summed E-state index contributed by atoms with van der Waals surface area (Å²) in [4.78, 5) is 15.0. The van der Waals surface area contributed by atoms with Crippen molar-refractivity contribution < 1.29 is 4.79 Å². The summed E-state index contributed by atoms with van der Waals surface area (Å²) in [5, 5.41) is 12.8. The summed E-state index contributed by atoms with van der Waals surface area (Å²) in [6, 6.07) is 1.87. The van der Waals surface area contributed by atoms with Gasteiger partial charge in [0.1, 0.15) is 6.33 Å². The van der Waals surface area contributed by atoms with E-state index in [9.17, 15) is 4.79 Å². The summed E-state index contributed by atoms with van der Waals surface area (Å²) in [6.45, 7) is 3.70. The maximum Gasteiger partial charge on any atom is 0.274 e. The number of carbonyl (C=O) groups excluding carboxylic acids is 1. The van der Waals surface area contributed by atoms with Gasteiger partial charge < -0.3 is 9.47 Å². The Balaban J connectivity index is 1.61. The molecule has 1 amide bonds. The average Bonchev–Trinajstić information content (AvgIpc) is 3.17. The molecule has 1 aliphatic carbocycles. The normalized spacial score (nSPS) is 21.2. The number of likely N-dealkylation sites (tertiary alicyclic amines) is 1. The molecule has 24 heavy (non-hydrogen) atoms. The number of piperidine rings is 1. The van der Waals surface area contributed by atoms with Crippen molar-refractivity contribution >= 4 is 5.91 Å². The van der Waals surface area contributed by atoms with E-state index in [2.05, 4.69) is 19.9 Å². The first kappa shape index (κ1) is 15.4. The van der Waals surface area contributed by atoms with Gasteiger partial charge in [0.25, 0.3) is 5.91 Å². The van der Waals surface area contributed by atoms with Gasteiger partial charge in [-0.2, -0.15) is 5.10 Å². The molecule has 0 N–H and O–H groups in total. The van der Waals surface area contributed by atoms with Crippen molar-refractivity contribution in [1.29, 1.82) is 0 Å². The lowest BCUT2D eigenvalue weighted by atomic mass is 10.0. The molecule has 1 saturated heterocycles. The van der Waals surface area contributed by atoms with Crippen LogP contribution in [0.5, 0.6) is 0 Å². The highest BCUT2D eigenvalue weighted by atomic mass is 16.2. The molecule has 7 nitrogen and oxygen atoms in total. The third-order valence-electron chi connectivity index (χ3n) is 5.19. The molecule has 4 rings (SSSR count). The molecule has 0 bridgehead atoms. The van der Waals surface area contributed by atoms with Gasteiger partial charge in [0.15, 0.2) is 11.5 Å². The molecule has 2 aromatic rings. The van der Waals surface area contributed by atoms with Crippen LogP contribution < -0.4 is 0 Å². The quantitative estimate of drug-likeness (QED) is 0.862. The molecule has 128 valence electrons. The summed E-state index contributed by atoms with van der Waals surface area (Å²) >= 11 is 0. The monoisotopic (exact) mass is 328 g/mol. The molecule has 2 fully saturated rings. The molecule has 0 unspecified atom stereocenters. The summed E-state index contributed by atoms with van der Waals surface area (Å²) in [6.07, 6.45) is 7.49. The Hall–Kier alpha value is -2.18. The van der Waals surface area contributed by atoms with E-state index < -0.39 is 0 Å². The fraction of sp³-hybridized carbons (Fsp3) is 0.647. The lowest BCUT2D eigenvalue weighted by Gasteiger charge is -2.34. The Kier molecular flexibility index (Phi) is 3.86. The SMILES string of the molecule is Cc1cc(C(=O)N2CCCC[C@@H]2c2nncn2CC2CC2)nn1C. The molecule has 2 aliphatic rings. The van der Waals surface area contributed by atoms with Crippen molar-refractivity contribution in [3.8, 4) is 0 Å². The number of aromatic nitrogens is 5. The summed E-state index contributed by atoms with van der Waals surface area (Å²) in [7, 11) is 1.87. The van der Waals surface area contributed by atoms with Gasteiger partial charge in [-0.25, -0.2) is 0 Å². The van der Waals surface area contributed by atoms with E-state index in [0.29, 0.717) is 5.69 Å². The minimum Gasteiger partial charge on any atom is -0.327 e. The molecule has 0 aromatic carbocycles. The average molecular weight is 328 g/mol. The van der Waals surface area contributed by atoms with Crippen molar-refractivity contribution in [2.45, 2.75) is 51.6 Å². The predicted molar refractivity (Wildman–Crippen MR) is 88.3 cm³/mol. The van der Waals surface area contributed by atoms with Crippen LogP contribution in [0, 0.1) is 12.8 Å². The molecule has 7 heteroatoms. The van der Waals surface area contributed by atoms with Gasteiger partial charge >= 0.3 is 0 Å². The zero-order valence-electron chi connectivity index (χ0n) is 14.4. The molecule has 0 radical (unpaired) electrons. The van der Waals surface area contributed by atoms with E-state index in [1.807, 2.05) is 31.3 Å². The first-order chi connectivity index (χ1) is 11.6. The standard InChI is InChI=1S/C17H24N6O/c1-12-9-14(20-21(12)2)17(24)23-8-4-3-5-15(23)16-19-18-11-22(16)10-13-6-7-13/h9,11,13,15H,3-8,10H2,1-2H3/t15-/m1/s1. The number of hydrogen-bond donors (Lipinski definition) is 0. The Bertz CT molecular complexity index is 725. The Morgan fingerprint density at radius 1 is 1.29 bits per heavy atom. The highest BCUT2D eigenvalue weighted by Gasteiger charge is 2.34. The fourth-order valence-corrected chi connectivity index (χ4v) is 3.50. The van der Waals surface area contributed by atoms with Gasteiger partial charge in [0.2, 0.25) is 0 Å². The van der Waals surface area contributed by atoms with Crippen LogP contribution in [0.15, 0.2) is 12.4 Å². The maximum absolute atomic E-state index is 13.0. The van der Waals surface area contributed by atoms with Crippen LogP contribution in [0.2, 0.25) is 0 Å². The van der Waals surface area contributed by atoms with Crippen LogP contribution in [0.4, 0.5) is 0 Å². The van der Waals surface area contributed by atoms with Crippen LogP contribution in [0.3, 0.4) is 0 Å². The predicted octanol–water partition coefficient (Wildman–Crippen LogP) is 2.10. The van der Waals surface area contributed by atoms with Crippen molar-refractivity contribution in [1.82, 2.24) is 29.4 Å². The van der Waals surface area contributed by atoms with Crippen molar-refractivity contribution in [2.24, 2.45) is 13.0 Å². The summed E-state index contributed by atoms with van der Waals surface area (Å²) < 4.78 is 3.90. The minimum atomic E-state index is 0.00405. The van der Waals surface area contributed by atoms with Gasteiger partial charge in [0.05, 0.1) is 6.04 Å². The topological polar surface area (TPSA) is 68.8 Å². The van der Waals surface area contributed by atoms with E-state index in [0.717, 1.165) is 49.8 Å². The zero-order valence-corrected chi connectivity index (χ0v) is 14.4. The second-order valence-electron chi connectivity index (χ2n) is 7.09. The Morgan fingerprint density at radius 3 is 2.83 bits per heavy atom. The summed E-state index contributed by atoms with van der Waals surface area (Å²) in [5.41, 5.74) is 1.51. The van der Waals surface area contributed by atoms with Gasteiger partial charge in [-0.15, -0.1) is 10.2 Å². The number of hydrogen-bond acceptors (Lipinski definition) is 4. The van der Waals surface area contributed by atoms with E-state index >= 15 is 0 Å². The van der Waals surface area contributed by atoms with Gasteiger partial charge in [-0.1, -0.05) is 0 Å². The third-order valence-corrected chi connectivity index (χ3v) is 5.19. The molecular formula is C17H24N6O. The number of amides is 1. The molecule has 1 atom stereocenters. The van der Waals surface area contributed by atoms with E-state index in [-0.39, 0.29) is 11.9 Å². The highest BCUT2D eigenvalue weighted by molar-refractivity contribution is 5.92. The van der Waals surface area contributed by atoms with E-state index in [1.54, 1.807) is 4.68 Å². The van der Waals surface area contributed by atoms with Crippen LogP contribution >= 0.6 is 0 Å². The lowest BCUT2D eigenvalue weighted by Crippen LogP contribution is -2.40. The minimum absolute atomic E-state index is 0.00405. The molecular weight excluding hydrogens is 304 g/mol. The van der Waals surface area contributed by atoms with Crippen molar-refractivity contribution in [2.75, 3.05) is 6.54 Å². The van der Waals surface area contributed by atoms with E-state index in [4.69, 9.17) is 0 Å². The molecule has 1 saturated carbocycles. The fourth-order valence-electron chi connectivity index (χ4n) is 3.50. The van der Waals surface area contributed by atoms with Gasteiger partial charge in [0, 0.05) is 25.8 Å². The smallest absolute Gasteiger partial charge is 0.274 e. The lowest BCUT2D eigenvalue weighted by molar-refractivity contribution is 0.0587. The van der Waals surface area contributed by atoms with Gasteiger partial charge in [-0.05, 0) is 51.0 Å². The van der Waals surface area contributed by atoms with Crippen molar-refractivity contribution in [3.05, 3.63) is 29.6 Å². The number of aryl methyl sites for hydroxylation is 2. The Morgan fingerprint density at radius 2 is 2.12 bits per heavy atom. The number of rotatable bonds is 4. The van der Waals surface area contributed by atoms with Crippen LogP contribution in [0.25, 0.3) is 0 Å². The summed E-state index contributed by atoms with van der Waals surface area (Å²) in [5.74, 6) is 1.69. The van der Waals surface area contributed by atoms with Crippen LogP contribution in [-0.4, -0.2) is 41.9 Å². The van der Waals surface area contributed by atoms with Crippen LogP contribution in [0.1, 0.15) is 60.2 Å². The van der Waals surface area contributed by atoms with Gasteiger partial charge in [-0.3, -0.25) is 9.48 Å². The number of nitrogens with zero attached hydrogens (tertiary/aromatic N) is 6. The van der Waals surface area contributed by atoms with E-state index in [1.165, 1.54) is 12.8 Å². The molecule has 0 spiro atoms.